The summed E-state index contributed by atoms with van der Waals surface area (Å²) in [6.45, 7) is 0.804. The summed E-state index contributed by atoms with van der Waals surface area (Å²) in [5, 5.41) is 4.12. The van der Waals surface area contributed by atoms with Gasteiger partial charge < -0.3 is 10.3 Å². The lowest BCUT2D eigenvalue weighted by atomic mass is 10.2. The number of nitrogens with zero attached hydrogens (tertiary/aromatic N) is 4. The summed E-state index contributed by atoms with van der Waals surface area (Å²) in [4.78, 5) is 4.44. The Labute approximate surface area is 98.9 Å². The number of hydrogen-bond acceptors (Lipinski definition) is 3. The summed E-state index contributed by atoms with van der Waals surface area (Å²) in [5.41, 5.74) is 6.75. The first-order chi connectivity index (χ1) is 7.66. The number of thiocarbonyl (C=S) groups is 1. The van der Waals surface area contributed by atoms with E-state index >= 15 is 0 Å². The highest BCUT2D eigenvalue weighted by molar-refractivity contribution is 7.80. The van der Waals surface area contributed by atoms with E-state index < -0.39 is 0 Å². The molecule has 0 aromatic carbocycles. The monoisotopic (exact) mass is 235 g/mol. The summed E-state index contributed by atoms with van der Waals surface area (Å²) < 4.78 is 3.74. The molecule has 0 atom stereocenters. The Morgan fingerprint density at radius 3 is 3.00 bits per heavy atom. The first kappa shape index (κ1) is 10.8. The van der Waals surface area contributed by atoms with Crippen LogP contribution < -0.4 is 5.73 Å². The van der Waals surface area contributed by atoms with E-state index in [2.05, 4.69) is 10.1 Å². The first-order valence-corrected chi connectivity index (χ1v) is 5.36. The average Bonchev–Trinajstić information content (AvgIpc) is 2.83. The SMILES string of the molecule is Cn1cc(CCn2ccnc2C(N)=S)cn1. The molecule has 2 rings (SSSR count). The molecule has 16 heavy (non-hydrogen) atoms. The molecule has 0 saturated carbocycles. The van der Waals surface area contributed by atoms with Crippen LogP contribution >= 0.6 is 12.2 Å². The molecule has 0 spiro atoms. The minimum atomic E-state index is 0.330. The smallest absolute Gasteiger partial charge is 0.167 e. The second kappa shape index (κ2) is 4.44. The maximum atomic E-state index is 5.56. The highest BCUT2D eigenvalue weighted by atomic mass is 32.1. The number of hydrogen-bond donors (Lipinski definition) is 1. The van der Waals surface area contributed by atoms with E-state index in [1.165, 1.54) is 5.56 Å². The zero-order valence-corrected chi connectivity index (χ0v) is 9.81. The molecular weight excluding hydrogens is 222 g/mol. The van der Waals surface area contributed by atoms with Crippen LogP contribution in [0.4, 0.5) is 0 Å². The molecule has 0 amide bonds. The normalized spacial score (nSPS) is 10.6. The third-order valence-corrected chi connectivity index (χ3v) is 2.52. The van der Waals surface area contributed by atoms with Crippen molar-refractivity contribution >= 4 is 17.2 Å². The van der Waals surface area contributed by atoms with Crippen molar-refractivity contribution in [3.05, 3.63) is 36.2 Å². The van der Waals surface area contributed by atoms with Gasteiger partial charge in [0, 0.05) is 32.2 Å². The van der Waals surface area contributed by atoms with Crippen LogP contribution in [0, 0.1) is 0 Å². The van der Waals surface area contributed by atoms with Gasteiger partial charge in [-0.3, -0.25) is 4.68 Å². The predicted octanol–water partition coefficient (Wildman–Crippen LogP) is 0.494. The second-order valence-corrected chi connectivity index (χ2v) is 4.02. The molecule has 0 aliphatic heterocycles. The molecule has 0 aliphatic carbocycles. The Balaban J connectivity index is 2.04. The van der Waals surface area contributed by atoms with E-state index in [9.17, 15) is 0 Å². The third kappa shape index (κ3) is 2.27. The first-order valence-electron chi connectivity index (χ1n) is 4.95. The van der Waals surface area contributed by atoms with Crippen LogP contribution in [0.2, 0.25) is 0 Å². The second-order valence-electron chi connectivity index (χ2n) is 3.58. The lowest BCUT2D eigenvalue weighted by molar-refractivity contribution is 0.689. The van der Waals surface area contributed by atoms with Gasteiger partial charge in [-0.1, -0.05) is 12.2 Å². The molecule has 0 aliphatic rings. The lowest BCUT2D eigenvalue weighted by Gasteiger charge is -2.04. The van der Waals surface area contributed by atoms with Crippen LogP contribution in [0.5, 0.6) is 0 Å². The van der Waals surface area contributed by atoms with Crippen LogP contribution in [0.15, 0.2) is 24.8 Å². The van der Waals surface area contributed by atoms with Crippen molar-refractivity contribution in [3.63, 3.8) is 0 Å². The van der Waals surface area contributed by atoms with E-state index in [1.807, 2.05) is 30.2 Å². The van der Waals surface area contributed by atoms with Gasteiger partial charge >= 0.3 is 0 Å². The molecule has 0 fully saturated rings. The molecule has 2 N–H and O–H groups in total. The standard InChI is InChI=1S/C10H13N5S/c1-14-7-8(6-13-14)2-4-15-5-3-12-10(15)9(11)16/h3,5-7H,2,4H2,1H3,(H2,11,16). The van der Waals surface area contributed by atoms with Gasteiger partial charge in [0.1, 0.15) is 4.99 Å². The largest absolute Gasteiger partial charge is 0.387 e. The summed E-state index contributed by atoms with van der Waals surface area (Å²) in [7, 11) is 1.90. The van der Waals surface area contributed by atoms with Crippen molar-refractivity contribution in [1.82, 2.24) is 19.3 Å². The van der Waals surface area contributed by atoms with Gasteiger partial charge in [0.05, 0.1) is 6.20 Å². The molecule has 84 valence electrons. The molecule has 0 saturated heterocycles. The molecule has 0 bridgehead atoms. The van der Waals surface area contributed by atoms with E-state index in [0.29, 0.717) is 10.8 Å². The molecular formula is C10H13N5S. The number of imidazole rings is 1. The fourth-order valence-corrected chi connectivity index (χ4v) is 1.74. The van der Waals surface area contributed by atoms with E-state index in [-0.39, 0.29) is 0 Å². The minimum absolute atomic E-state index is 0.330. The topological polar surface area (TPSA) is 61.7 Å². The van der Waals surface area contributed by atoms with Gasteiger partial charge in [0.25, 0.3) is 0 Å². The third-order valence-electron chi connectivity index (χ3n) is 2.34. The molecule has 2 aromatic heterocycles. The number of rotatable bonds is 4. The Kier molecular flexibility index (Phi) is 3.00. The zero-order chi connectivity index (χ0) is 11.5. The van der Waals surface area contributed by atoms with Crippen LogP contribution in [-0.2, 0) is 20.0 Å². The van der Waals surface area contributed by atoms with Crippen molar-refractivity contribution in [1.29, 1.82) is 0 Å². The van der Waals surface area contributed by atoms with Crippen molar-refractivity contribution < 1.29 is 0 Å². The average molecular weight is 235 g/mol. The molecule has 0 radical (unpaired) electrons. The number of aromatic nitrogens is 4. The van der Waals surface area contributed by atoms with Gasteiger partial charge in [-0.15, -0.1) is 0 Å². The van der Waals surface area contributed by atoms with Crippen molar-refractivity contribution in [2.45, 2.75) is 13.0 Å². The predicted molar refractivity (Wildman–Crippen MR) is 65.0 cm³/mol. The Hall–Kier alpha value is -1.69. The molecule has 2 aromatic rings. The van der Waals surface area contributed by atoms with Gasteiger partial charge in [0.2, 0.25) is 0 Å². The maximum absolute atomic E-state index is 5.56. The van der Waals surface area contributed by atoms with Crippen LogP contribution in [0.25, 0.3) is 0 Å². The Morgan fingerprint density at radius 2 is 2.38 bits per heavy atom. The van der Waals surface area contributed by atoms with E-state index in [4.69, 9.17) is 18.0 Å². The van der Waals surface area contributed by atoms with Gasteiger partial charge in [-0.2, -0.15) is 5.10 Å². The van der Waals surface area contributed by atoms with Crippen LogP contribution in [0.1, 0.15) is 11.4 Å². The molecule has 5 nitrogen and oxygen atoms in total. The fraction of sp³-hybridized carbons (Fsp3) is 0.300. The van der Waals surface area contributed by atoms with Gasteiger partial charge in [-0.05, 0) is 12.0 Å². The summed E-state index contributed by atoms with van der Waals surface area (Å²) >= 11 is 4.92. The van der Waals surface area contributed by atoms with E-state index in [1.54, 1.807) is 10.9 Å². The quantitative estimate of drug-likeness (QED) is 0.784. The lowest BCUT2D eigenvalue weighted by Crippen LogP contribution is -2.17. The van der Waals surface area contributed by atoms with Crippen molar-refractivity contribution in [2.24, 2.45) is 12.8 Å². The highest BCUT2D eigenvalue weighted by Crippen LogP contribution is 2.03. The number of aryl methyl sites for hydroxylation is 3. The summed E-state index contributed by atoms with van der Waals surface area (Å²) in [5.74, 6) is 0.666. The van der Waals surface area contributed by atoms with Gasteiger partial charge in [-0.25, -0.2) is 4.98 Å². The fourth-order valence-electron chi connectivity index (χ4n) is 1.57. The molecule has 2 heterocycles. The van der Waals surface area contributed by atoms with E-state index in [0.717, 1.165) is 13.0 Å². The van der Waals surface area contributed by atoms with Crippen molar-refractivity contribution in [2.75, 3.05) is 0 Å². The summed E-state index contributed by atoms with van der Waals surface area (Å²) in [6, 6.07) is 0. The van der Waals surface area contributed by atoms with Crippen LogP contribution in [0.3, 0.4) is 0 Å². The van der Waals surface area contributed by atoms with Crippen LogP contribution in [-0.4, -0.2) is 24.3 Å². The Morgan fingerprint density at radius 1 is 1.56 bits per heavy atom. The summed E-state index contributed by atoms with van der Waals surface area (Å²) in [6.07, 6.45) is 8.33. The van der Waals surface area contributed by atoms with Gasteiger partial charge in [0.15, 0.2) is 5.82 Å². The molecule has 6 heteroatoms. The Bertz CT molecular complexity index is 499. The zero-order valence-electron chi connectivity index (χ0n) is 9.00. The number of nitrogens with two attached hydrogens (primary N) is 1. The minimum Gasteiger partial charge on any atom is -0.387 e. The molecule has 0 unspecified atom stereocenters. The maximum Gasteiger partial charge on any atom is 0.167 e. The highest BCUT2D eigenvalue weighted by Gasteiger charge is 2.05. The van der Waals surface area contributed by atoms with Crippen molar-refractivity contribution in [3.8, 4) is 0 Å².